The molecule has 0 saturated carbocycles. The summed E-state index contributed by atoms with van der Waals surface area (Å²) in [6.45, 7) is 4.10. The van der Waals surface area contributed by atoms with E-state index in [1.54, 1.807) is 0 Å². The summed E-state index contributed by atoms with van der Waals surface area (Å²) >= 11 is 0. The first-order chi connectivity index (χ1) is 35.8. The average Bonchev–Trinajstić information content (AvgIpc) is 3.39. The van der Waals surface area contributed by atoms with Crippen LogP contribution in [0.15, 0.2) is 0 Å². The van der Waals surface area contributed by atoms with E-state index in [0.717, 1.165) is 52.1 Å². The molecule has 19 nitrogen and oxygen atoms in total. The first-order valence-corrected chi connectivity index (χ1v) is 29.1. The maximum atomic E-state index is 13.5. The van der Waals surface area contributed by atoms with Crippen molar-refractivity contribution in [2.24, 2.45) is 5.92 Å². The number of unbranched alkanes of at least 4 members (excludes halogenated alkanes) is 25. The van der Waals surface area contributed by atoms with Crippen LogP contribution in [0.4, 0.5) is 0 Å². The SMILES string of the molecule is CCCCCCCCCCCCCCC(CCCCCCCCCCCCCC)C(=O)NCCCCCCO[C@@H]1O[C@H](CO[C@@H]2O[C@H](CO[C@@H]3O[C@H](C(=O)O)[C@@H](OC)[C@H](O)[C@H]3O)[C@H](O)[C@H](O)[C@H]2O)[C@H](O)[C@H](O)[C@H]1O. The smallest absolute Gasteiger partial charge is 0.335 e. The van der Waals surface area contributed by atoms with Crippen molar-refractivity contribution in [1.29, 1.82) is 0 Å². The van der Waals surface area contributed by atoms with Gasteiger partial charge in [-0.15, -0.1) is 0 Å². The van der Waals surface area contributed by atoms with Gasteiger partial charge in [-0.1, -0.05) is 181 Å². The molecule has 3 rings (SSSR count). The van der Waals surface area contributed by atoms with Crippen LogP contribution in [0.2, 0.25) is 0 Å². The molecule has 436 valence electrons. The largest absolute Gasteiger partial charge is 0.479 e. The number of carboxylic acids is 1. The van der Waals surface area contributed by atoms with E-state index >= 15 is 0 Å². The molecular formula is C55H103NO18. The van der Waals surface area contributed by atoms with Gasteiger partial charge in [-0.2, -0.15) is 0 Å². The minimum absolute atomic E-state index is 0.0483. The number of carbonyl (C=O) groups excluding carboxylic acids is 1. The fourth-order valence-corrected chi connectivity index (χ4v) is 10.2. The molecule has 19 heteroatoms. The number of rotatable bonds is 43. The molecule has 3 saturated heterocycles. The first kappa shape index (κ1) is 66.6. The molecule has 0 aromatic rings. The van der Waals surface area contributed by atoms with Crippen LogP contribution in [-0.2, 0) is 42.7 Å². The van der Waals surface area contributed by atoms with Crippen LogP contribution in [0.5, 0.6) is 0 Å². The van der Waals surface area contributed by atoms with Crippen molar-refractivity contribution >= 4 is 11.9 Å². The highest BCUT2D eigenvalue weighted by Gasteiger charge is 2.51. The minimum Gasteiger partial charge on any atom is -0.479 e. The normalized spacial score (nSPS) is 30.5. The Kier molecular flexibility index (Phi) is 35.7. The van der Waals surface area contributed by atoms with Crippen molar-refractivity contribution in [2.75, 3.05) is 33.5 Å². The number of carbonyl (C=O) groups is 2. The zero-order valence-corrected chi connectivity index (χ0v) is 45.5. The van der Waals surface area contributed by atoms with E-state index in [0.29, 0.717) is 13.0 Å². The number of hydrogen-bond acceptors (Lipinski definition) is 17. The topological polar surface area (TPSA) is 293 Å². The minimum atomic E-state index is -1.84. The first-order valence-electron chi connectivity index (χ1n) is 29.1. The standard InChI is InChI=1S/C55H103NO18/c1-4-6-8-10-12-14-16-18-20-22-24-28-32-38(33-29-25-23-21-19-17-15-13-11-9-7-5-2)51(65)56-34-30-26-27-31-35-69-53-46(62)43(59)41(57)39(72-53)36-70-54-47(63)44(60)42(58)40(73-54)37-71-55-48(64)45(61)49(68-3)50(74-55)52(66)67/h38-50,53-55,57-64H,4-37H2,1-3H3,(H,56,65)(H,66,67)/t39-,40-,41+,42+,43+,44+,45-,46-,47-,48-,49+,50+,53-,54-,55-/m1/s1. The number of ether oxygens (including phenoxy) is 7. The van der Waals surface area contributed by atoms with Gasteiger partial charge in [0, 0.05) is 26.2 Å². The zero-order chi connectivity index (χ0) is 54.1. The molecule has 0 aliphatic carbocycles. The molecule has 10 N–H and O–H groups in total. The Balaban J connectivity index is 1.37. The van der Waals surface area contributed by atoms with E-state index in [4.69, 9.17) is 33.2 Å². The van der Waals surface area contributed by atoms with E-state index in [1.807, 2.05) is 0 Å². The quantitative estimate of drug-likeness (QED) is 0.0329. The summed E-state index contributed by atoms with van der Waals surface area (Å²) in [5.41, 5.74) is 0. The van der Waals surface area contributed by atoms with Crippen LogP contribution in [0.25, 0.3) is 0 Å². The number of nitrogens with one attached hydrogen (secondary N) is 1. The molecule has 3 fully saturated rings. The Morgan fingerprint density at radius 2 is 0.811 bits per heavy atom. The number of methoxy groups -OCH3 is 1. The van der Waals surface area contributed by atoms with Crippen LogP contribution in [0.3, 0.4) is 0 Å². The van der Waals surface area contributed by atoms with Gasteiger partial charge in [-0.3, -0.25) is 4.79 Å². The number of carboxylic acid groups (broad SMARTS) is 1. The molecule has 0 radical (unpaired) electrons. The van der Waals surface area contributed by atoms with Crippen molar-refractivity contribution < 1.29 is 88.7 Å². The molecule has 74 heavy (non-hydrogen) atoms. The predicted molar refractivity (Wildman–Crippen MR) is 277 cm³/mol. The third-order valence-electron chi connectivity index (χ3n) is 15.1. The molecule has 3 aliphatic rings. The summed E-state index contributed by atoms with van der Waals surface area (Å²) in [6, 6.07) is 0. The van der Waals surface area contributed by atoms with Crippen molar-refractivity contribution in [2.45, 2.75) is 299 Å². The Bertz CT molecular complexity index is 1390. The molecule has 0 spiro atoms. The molecule has 3 aliphatic heterocycles. The highest BCUT2D eigenvalue weighted by atomic mass is 16.7. The van der Waals surface area contributed by atoms with Gasteiger partial charge in [0.05, 0.1) is 13.2 Å². The van der Waals surface area contributed by atoms with E-state index in [1.165, 1.54) is 141 Å². The zero-order valence-electron chi connectivity index (χ0n) is 45.5. The predicted octanol–water partition coefficient (Wildman–Crippen LogP) is 5.67. The van der Waals surface area contributed by atoms with Crippen LogP contribution < -0.4 is 5.32 Å². The van der Waals surface area contributed by atoms with Gasteiger partial charge in [-0.05, 0) is 25.7 Å². The van der Waals surface area contributed by atoms with E-state index in [2.05, 4.69) is 19.2 Å². The lowest BCUT2D eigenvalue weighted by molar-refractivity contribution is -0.341. The monoisotopic (exact) mass is 1070 g/mol. The maximum Gasteiger partial charge on any atom is 0.335 e. The highest BCUT2D eigenvalue weighted by Crippen LogP contribution is 2.29. The second kappa shape index (κ2) is 39.7. The molecule has 0 unspecified atom stereocenters. The van der Waals surface area contributed by atoms with Gasteiger partial charge in [0.1, 0.15) is 67.1 Å². The van der Waals surface area contributed by atoms with Gasteiger partial charge >= 0.3 is 5.97 Å². The number of aliphatic hydroxyl groups is 8. The van der Waals surface area contributed by atoms with Gasteiger partial charge in [0.15, 0.2) is 25.0 Å². The van der Waals surface area contributed by atoms with Gasteiger partial charge in [0.2, 0.25) is 5.91 Å². The molecule has 0 aromatic heterocycles. The van der Waals surface area contributed by atoms with Crippen LogP contribution >= 0.6 is 0 Å². The fraction of sp³-hybridized carbons (Fsp3) is 0.964. The molecule has 0 aromatic carbocycles. The van der Waals surface area contributed by atoms with Gasteiger partial charge in [0.25, 0.3) is 0 Å². The highest BCUT2D eigenvalue weighted by molar-refractivity contribution is 5.78. The Morgan fingerprint density at radius 3 is 1.23 bits per heavy atom. The summed E-state index contributed by atoms with van der Waals surface area (Å²) in [7, 11) is 1.13. The third-order valence-corrected chi connectivity index (χ3v) is 15.1. The Morgan fingerprint density at radius 1 is 0.446 bits per heavy atom. The third kappa shape index (κ3) is 24.6. The summed E-state index contributed by atoms with van der Waals surface area (Å²) < 4.78 is 38.5. The van der Waals surface area contributed by atoms with Crippen molar-refractivity contribution in [3.8, 4) is 0 Å². The van der Waals surface area contributed by atoms with Gasteiger partial charge < -0.3 is 84.4 Å². The summed E-state index contributed by atoms with van der Waals surface area (Å²) in [6.07, 6.45) is 11.5. The van der Waals surface area contributed by atoms with E-state index < -0.39 is 111 Å². The van der Waals surface area contributed by atoms with E-state index in [9.17, 15) is 55.5 Å². The lowest BCUT2D eigenvalue weighted by Crippen LogP contribution is -2.63. The molecule has 15 atom stereocenters. The van der Waals surface area contributed by atoms with Crippen LogP contribution in [-0.4, -0.2) is 183 Å². The number of amides is 1. The lowest BCUT2D eigenvalue weighted by Gasteiger charge is -2.43. The summed E-state index contributed by atoms with van der Waals surface area (Å²) in [5.74, 6) is -1.28. The maximum absolute atomic E-state index is 13.5. The van der Waals surface area contributed by atoms with Crippen molar-refractivity contribution in [3.05, 3.63) is 0 Å². The Labute approximate surface area is 442 Å². The second-order valence-corrected chi connectivity index (χ2v) is 21.3. The van der Waals surface area contributed by atoms with Crippen LogP contribution in [0.1, 0.15) is 206 Å². The van der Waals surface area contributed by atoms with Crippen molar-refractivity contribution in [1.82, 2.24) is 5.32 Å². The number of hydrogen-bond donors (Lipinski definition) is 10. The summed E-state index contributed by atoms with van der Waals surface area (Å²) in [4.78, 5) is 25.2. The fourth-order valence-electron chi connectivity index (χ4n) is 10.2. The average molecular weight is 1070 g/mol. The molecule has 3 heterocycles. The Hall–Kier alpha value is -1.66. The lowest BCUT2D eigenvalue weighted by atomic mass is 9.93. The molecular weight excluding hydrogens is 963 g/mol. The van der Waals surface area contributed by atoms with Gasteiger partial charge in [-0.25, -0.2) is 4.79 Å². The second-order valence-electron chi connectivity index (χ2n) is 21.3. The summed E-state index contributed by atoms with van der Waals surface area (Å²) in [5, 5.41) is 97.5. The van der Waals surface area contributed by atoms with E-state index in [-0.39, 0.29) is 18.4 Å². The number of aliphatic hydroxyl groups excluding tert-OH is 8. The van der Waals surface area contributed by atoms with Crippen molar-refractivity contribution in [3.63, 3.8) is 0 Å². The van der Waals surface area contributed by atoms with Crippen LogP contribution in [0, 0.1) is 5.92 Å². The molecule has 1 amide bonds. The molecule has 0 bridgehead atoms. The number of aliphatic carboxylic acids is 1.